The van der Waals surface area contributed by atoms with Crippen LogP contribution in [0.15, 0.2) is 22.7 Å². The van der Waals surface area contributed by atoms with Crippen molar-refractivity contribution in [1.29, 1.82) is 0 Å². The lowest BCUT2D eigenvalue weighted by Crippen LogP contribution is -2.22. The molecule has 0 heterocycles. The summed E-state index contributed by atoms with van der Waals surface area (Å²) in [5, 5.41) is 3.06. The summed E-state index contributed by atoms with van der Waals surface area (Å²) >= 11 is 3.13. The second-order valence-corrected chi connectivity index (χ2v) is 5.52. The van der Waals surface area contributed by atoms with Gasteiger partial charge in [-0.25, -0.2) is 0 Å². The molecule has 106 valence electrons. The highest BCUT2D eigenvalue weighted by Gasteiger charge is 2.32. The highest BCUT2D eigenvalue weighted by molar-refractivity contribution is 9.10. The van der Waals surface area contributed by atoms with Gasteiger partial charge in [0.05, 0.1) is 5.69 Å². The summed E-state index contributed by atoms with van der Waals surface area (Å²) in [6.07, 6.45) is -2.23. The van der Waals surface area contributed by atoms with Crippen molar-refractivity contribution in [3.63, 3.8) is 0 Å². The standard InChI is InChI=1S/C12H14BrF3N2O/c13-7-1-4-10(11(5-7)19-12(14,15)16)18-9-3-2-8(17)6-9/h1,4-5,8-9,18H,2-3,6,17H2. The number of rotatable bonds is 3. The molecule has 1 saturated carbocycles. The molecule has 3 N–H and O–H groups in total. The van der Waals surface area contributed by atoms with E-state index < -0.39 is 6.36 Å². The van der Waals surface area contributed by atoms with E-state index in [2.05, 4.69) is 26.0 Å². The summed E-state index contributed by atoms with van der Waals surface area (Å²) in [7, 11) is 0. The normalized spacial score (nSPS) is 23.4. The quantitative estimate of drug-likeness (QED) is 0.884. The summed E-state index contributed by atoms with van der Waals surface area (Å²) in [5.41, 5.74) is 6.12. The Morgan fingerprint density at radius 3 is 2.63 bits per heavy atom. The number of hydrogen-bond donors (Lipinski definition) is 2. The van der Waals surface area contributed by atoms with Crippen molar-refractivity contribution in [2.45, 2.75) is 37.7 Å². The van der Waals surface area contributed by atoms with Crippen LogP contribution in [-0.4, -0.2) is 18.4 Å². The van der Waals surface area contributed by atoms with Crippen molar-refractivity contribution in [2.75, 3.05) is 5.32 Å². The number of benzene rings is 1. The van der Waals surface area contributed by atoms with Gasteiger partial charge in [0, 0.05) is 16.6 Å². The second-order valence-electron chi connectivity index (χ2n) is 4.60. The first-order valence-corrected chi connectivity index (χ1v) is 6.70. The Morgan fingerprint density at radius 2 is 2.05 bits per heavy atom. The Bertz CT molecular complexity index is 453. The van der Waals surface area contributed by atoms with Crippen LogP contribution in [0.5, 0.6) is 5.75 Å². The molecule has 0 spiro atoms. The zero-order valence-electron chi connectivity index (χ0n) is 10.0. The minimum absolute atomic E-state index is 0.0896. The molecule has 0 aromatic heterocycles. The van der Waals surface area contributed by atoms with E-state index in [1.165, 1.54) is 6.07 Å². The highest BCUT2D eigenvalue weighted by Crippen LogP contribution is 2.34. The van der Waals surface area contributed by atoms with Gasteiger partial charge in [-0.3, -0.25) is 0 Å². The first-order valence-electron chi connectivity index (χ1n) is 5.91. The van der Waals surface area contributed by atoms with Crippen LogP contribution in [-0.2, 0) is 0 Å². The molecule has 1 aromatic rings. The molecule has 3 nitrogen and oxygen atoms in total. The molecule has 0 radical (unpaired) electrons. The summed E-state index contributed by atoms with van der Waals surface area (Å²) in [5.74, 6) is -0.234. The largest absolute Gasteiger partial charge is 0.573 e. The van der Waals surface area contributed by atoms with Crippen molar-refractivity contribution in [3.8, 4) is 5.75 Å². The molecule has 2 atom stereocenters. The maximum absolute atomic E-state index is 12.3. The van der Waals surface area contributed by atoms with Crippen molar-refractivity contribution >= 4 is 21.6 Å². The molecule has 0 bridgehead atoms. The average molecular weight is 339 g/mol. The van der Waals surface area contributed by atoms with E-state index in [0.29, 0.717) is 10.2 Å². The van der Waals surface area contributed by atoms with Crippen LogP contribution in [0.25, 0.3) is 0 Å². The van der Waals surface area contributed by atoms with Crippen LogP contribution in [0.2, 0.25) is 0 Å². The van der Waals surface area contributed by atoms with E-state index in [1.807, 2.05) is 0 Å². The molecule has 2 unspecified atom stereocenters. The van der Waals surface area contributed by atoms with Crippen molar-refractivity contribution in [2.24, 2.45) is 5.73 Å². The Hall–Kier alpha value is -0.950. The van der Waals surface area contributed by atoms with Gasteiger partial charge in [-0.15, -0.1) is 13.2 Å². The number of alkyl halides is 3. The lowest BCUT2D eigenvalue weighted by molar-refractivity contribution is -0.274. The molecular formula is C12H14BrF3N2O. The molecular weight excluding hydrogens is 325 g/mol. The molecule has 19 heavy (non-hydrogen) atoms. The van der Waals surface area contributed by atoms with E-state index >= 15 is 0 Å². The lowest BCUT2D eigenvalue weighted by atomic mass is 10.2. The molecule has 1 aliphatic rings. The molecule has 0 saturated heterocycles. The zero-order chi connectivity index (χ0) is 14.0. The van der Waals surface area contributed by atoms with Crippen LogP contribution in [0.4, 0.5) is 18.9 Å². The molecule has 1 aliphatic carbocycles. The van der Waals surface area contributed by atoms with E-state index in [-0.39, 0.29) is 17.8 Å². The van der Waals surface area contributed by atoms with Crippen molar-refractivity contribution in [3.05, 3.63) is 22.7 Å². The summed E-state index contributed by atoms with van der Waals surface area (Å²) in [4.78, 5) is 0. The Balaban J connectivity index is 2.14. The van der Waals surface area contributed by atoms with E-state index in [0.717, 1.165) is 19.3 Å². The Morgan fingerprint density at radius 1 is 1.32 bits per heavy atom. The van der Waals surface area contributed by atoms with Crippen molar-refractivity contribution in [1.82, 2.24) is 0 Å². The highest BCUT2D eigenvalue weighted by atomic mass is 79.9. The molecule has 2 rings (SSSR count). The van der Waals surface area contributed by atoms with E-state index in [1.54, 1.807) is 12.1 Å². The topological polar surface area (TPSA) is 47.3 Å². The molecule has 0 aliphatic heterocycles. The first-order chi connectivity index (χ1) is 8.83. The van der Waals surface area contributed by atoms with Gasteiger partial charge in [-0.05, 0) is 37.5 Å². The maximum Gasteiger partial charge on any atom is 0.573 e. The molecule has 1 aromatic carbocycles. The predicted octanol–water partition coefficient (Wildman–Crippen LogP) is 3.64. The van der Waals surface area contributed by atoms with Crippen LogP contribution in [0, 0.1) is 0 Å². The average Bonchev–Trinajstić information content (AvgIpc) is 2.66. The minimum atomic E-state index is -4.71. The fourth-order valence-electron chi connectivity index (χ4n) is 2.19. The lowest BCUT2D eigenvalue weighted by Gasteiger charge is -2.18. The molecule has 0 amide bonds. The smallest absolute Gasteiger partial charge is 0.404 e. The summed E-state index contributed by atoms with van der Waals surface area (Å²) in [6, 6.07) is 4.73. The van der Waals surface area contributed by atoms with E-state index in [9.17, 15) is 13.2 Å². The monoisotopic (exact) mass is 338 g/mol. The number of nitrogens with one attached hydrogen (secondary N) is 1. The number of hydrogen-bond acceptors (Lipinski definition) is 3. The van der Waals surface area contributed by atoms with Crippen LogP contribution >= 0.6 is 15.9 Å². The number of ether oxygens (including phenoxy) is 1. The van der Waals surface area contributed by atoms with Gasteiger partial charge < -0.3 is 15.8 Å². The second kappa shape index (κ2) is 5.58. The summed E-state index contributed by atoms with van der Waals surface area (Å²) < 4.78 is 41.6. The zero-order valence-corrected chi connectivity index (χ0v) is 11.6. The van der Waals surface area contributed by atoms with Gasteiger partial charge in [0.2, 0.25) is 0 Å². The number of anilines is 1. The van der Waals surface area contributed by atoms with Crippen LogP contribution in [0.3, 0.4) is 0 Å². The van der Waals surface area contributed by atoms with Gasteiger partial charge in [0.15, 0.2) is 5.75 Å². The fraction of sp³-hybridized carbons (Fsp3) is 0.500. The third kappa shape index (κ3) is 4.28. The Kier molecular flexibility index (Phi) is 4.25. The minimum Gasteiger partial charge on any atom is -0.404 e. The first kappa shape index (κ1) is 14.5. The van der Waals surface area contributed by atoms with Gasteiger partial charge in [0.1, 0.15) is 0 Å². The molecule has 1 fully saturated rings. The van der Waals surface area contributed by atoms with E-state index in [4.69, 9.17) is 5.73 Å². The SMILES string of the molecule is NC1CCC(Nc2ccc(Br)cc2OC(F)(F)F)C1. The third-order valence-corrected chi connectivity index (χ3v) is 3.50. The van der Waals surface area contributed by atoms with Crippen LogP contribution < -0.4 is 15.8 Å². The van der Waals surface area contributed by atoms with Gasteiger partial charge in [-0.1, -0.05) is 15.9 Å². The molecule has 7 heteroatoms. The number of halogens is 4. The third-order valence-electron chi connectivity index (χ3n) is 3.00. The van der Waals surface area contributed by atoms with Gasteiger partial charge in [-0.2, -0.15) is 0 Å². The van der Waals surface area contributed by atoms with Crippen molar-refractivity contribution < 1.29 is 17.9 Å². The number of nitrogens with two attached hydrogens (primary N) is 1. The maximum atomic E-state index is 12.3. The van der Waals surface area contributed by atoms with Gasteiger partial charge in [0.25, 0.3) is 0 Å². The summed E-state index contributed by atoms with van der Waals surface area (Å²) in [6.45, 7) is 0. The van der Waals surface area contributed by atoms with Crippen LogP contribution in [0.1, 0.15) is 19.3 Å². The fourth-order valence-corrected chi connectivity index (χ4v) is 2.53. The van der Waals surface area contributed by atoms with Gasteiger partial charge >= 0.3 is 6.36 Å². The Labute approximate surface area is 117 Å². The predicted molar refractivity (Wildman–Crippen MR) is 70.1 cm³/mol.